The summed E-state index contributed by atoms with van der Waals surface area (Å²) in [6.45, 7) is 2.21. The van der Waals surface area contributed by atoms with Gasteiger partial charge in [-0.15, -0.1) is 0 Å². The SMILES string of the molecule is CN(CCCCC(C)(N)CO)CC(F)F. The minimum atomic E-state index is -2.27. The van der Waals surface area contributed by atoms with Gasteiger partial charge in [0.2, 0.25) is 0 Å². The predicted molar refractivity (Wildman–Crippen MR) is 57.0 cm³/mol. The normalized spacial score (nSPS) is 16.0. The number of alkyl halides is 2. The largest absolute Gasteiger partial charge is 0.394 e. The number of aliphatic hydroxyl groups is 1. The third-order valence-electron chi connectivity index (χ3n) is 2.35. The second kappa shape index (κ2) is 7.09. The average molecular weight is 224 g/mol. The van der Waals surface area contributed by atoms with Gasteiger partial charge in [0.1, 0.15) is 0 Å². The van der Waals surface area contributed by atoms with Crippen molar-refractivity contribution in [3.8, 4) is 0 Å². The zero-order valence-electron chi connectivity index (χ0n) is 9.55. The molecule has 0 rings (SSSR count). The van der Waals surface area contributed by atoms with E-state index in [4.69, 9.17) is 10.8 Å². The topological polar surface area (TPSA) is 49.5 Å². The van der Waals surface area contributed by atoms with Crippen LogP contribution in [0.25, 0.3) is 0 Å². The average Bonchev–Trinajstić information content (AvgIpc) is 2.11. The Morgan fingerprint density at radius 2 is 2.00 bits per heavy atom. The van der Waals surface area contributed by atoms with Crippen molar-refractivity contribution in [1.29, 1.82) is 0 Å². The van der Waals surface area contributed by atoms with Gasteiger partial charge in [-0.05, 0) is 33.4 Å². The van der Waals surface area contributed by atoms with Crippen LogP contribution in [0, 0.1) is 0 Å². The Kier molecular flexibility index (Phi) is 6.96. The van der Waals surface area contributed by atoms with E-state index in [1.807, 2.05) is 0 Å². The van der Waals surface area contributed by atoms with Crippen molar-refractivity contribution >= 4 is 0 Å². The second-order valence-corrected chi connectivity index (χ2v) is 4.42. The van der Waals surface area contributed by atoms with Crippen molar-refractivity contribution in [2.75, 3.05) is 26.7 Å². The lowest BCUT2D eigenvalue weighted by Crippen LogP contribution is -2.40. The molecule has 0 heterocycles. The van der Waals surface area contributed by atoms with Gasteiger partial charge in [-0.1, -0.05) is 6.42 Å². The summed E-state index contributed by atoms with van der Waals surface area (Å²) in [5.74, 6) is 0. The molecule has 0 aliphatic heterocycles. The van der Waals surface area contributed by atoms with Gasteiger partial charge in [0.05, 0.1) is 13.2 Å². The van der Waals surface area contributed by atoms with Gasteiger partial charge in [0.15, 0.2) is 0 Å². The van der Waals surface area contributed by atoms with Crippen LogP contribution in [0.3, 0.4) is 0 Å². The smallest absolute Gasteiger partial charge is 0.251 e. The lowest BCUT2D eigenvalue weighted by Gasteiger charge is -2.22. The Balaban J connectivity index is 3.46. The molecule has 0 aromatic rings. The Labute approximate surface area is 90.2 Å². The highest BCUT2D eigenvalue weighted by Gasteiger charge is 2.16. The van der Waals surface area contributed by atoms with Crippen LogP contribution in [0.4, 0.5) is 8.78 Å². The van der Waals surface area contributed by atoms with E-state index in [1.165, 1.54) is 0 Å². The minimum absolute atomic E-state index is 0.0418. The number of unbranched alkanes of at least 4 members (excludes halogenated alkanes) is 1. The number of nitrogens with zero attached hydrogens (tertiary/aromatic N) is 1. The molecule has 0 saturated carbocycles. The molecule has 0 aromatic carbocycles. The molecule has 0 spiro atoms. The zero-order chi connectivity index (χ0) is 11.9. The van der Waals surface area contributed by atoms with Gasteiger partial charge >= 0.3 is 0 Å². The monoisotopic (exact) mass is 224 g/mol. The highest BCUT2D eigenvalue weighted by molar-refractivity contribution is 4.76. The molecule has 0 radical (unpaired) electrons. The van der Waals surface area contributed by atoms with Crippen LogP contribution >= 0.6 is 0 Å². The first-order valence-corrected chi connectivity index (χ1v) is 5.24. The van der Waals surface area contributed by atoms with Crippen molar-refractivity contribution in [3.05, 3.63) is 0 Å². The van der Waals surface area contributed by atoms with Gasteiger partial charge in [-0.25, -0.2) is 8.78 Å². The molecular formula is C10H22F2N2O. The summed E-state index contributed by atoms with van der Waals surface area (Å²) in [4.78, 5) is 1.61. The van der Waals surface area contributed by atoms with Crippen molar-refractivity contribution in [2.24, 2.45) is 5.73 Å². The van der Waals surface area contributed by atoms with Crippen LogP contribution in [-0.4, -0.2) is 48.7 Å². The fourth-order valence-corrected chi connectivity index (χ4v) is 1.32. The first kappa shape index (κ1) is 14.7. The highest BCUT2D eigenvalue weighted by Crippen LogP contribution is 2.10. The highest BCUT2D eigenvalue weighted by atomic mass is 19.3. The molecule has 0 aromatic heterocycles. The van der Waals surface area contributed by atoms with Gasteiger partial charge in [-0.3, -0.25) is 0 Å². The minimum Gasteiger partial charge on any atom is -0.394 e. The maximum absolute atomic E-state index is 11.9. The van der Waals surface area contributed by atoms with E-state index in [9.17, 15) is 8.78 Å². The Bertz CT molecular complexity index is 166. The molecule has 3 N–H and O–H groups in total. The fraction of sp³-hybridized carbons (Fsp3) is 1.00. The summed E-state index contributed by atoms with van der Waals surface area (Å²) in [6.07, 6.45) is 0.121. The van der Waals surface area contributed by atoms with Crippen LogP contribution in [0.5, 0.6) is 0 Å². The molecular weight excluding hydrogens is 202 g/mol. The Morgan fingerprint density at radius 1 is 1.40 bits per heavy atom. The quantitative estimate of drug-likeness (QED) is 0.606. The number of nitrogens with two attached hydrogens (primary N) is 1. The van der Waals surface area contributed by atoms with Crippen LogP contribution in [0.15, 0.2) is 0 Å². The maximum atomic E-state index is 11.9. The van der Waals surface area contributed by atoms with Crippen LogP contribution in [-0.2, 0) is 0 Å². The molecule has 1 atom stereocenters. The molecule has 3 nitrogen and oxygen atoms in total. The predicted octanol–water partition coefficient (Wildman–Crippen LogP) is 1.06. The van der Waals surface area contributed by atoms with E-state index in [2.05, 4.69) is 0 Å². The summed E-state index contributed by atoms with van der Waals surface area (Å²) in [7, 11) is 1.68. The zero-order valence-corrected chi connectivity index (χ0v) is 9.55. The summed E-state index contributed by atoms with van der Waals surface area (Å²) in [6, 6.07) is 0. The van der Waals surface area contributed by atoms with Crippen LogP contribution < -0.4 is 5.73 Å². The molecule has 0 aliphatic rings. The molecule has 1 unspecified atom stereocenters. The van der Waals surface area contributed by atoms with Gasteiger partial charge in [0.25, 0.3) is 6.43 Å². The fourth-order valence-electron chi connectivity index (χ4n) is 1.32. The summed E-state index contributed by atoms with van der Waals surface area (Å²) >= 11 is 0. The summed E-state index contributed by atoms with van der Waals surface area (Å²) in [5.41, 5.74) is 5.19. The lowest BCUT2D eigenvalue weighted by atomic mass is 9.97. The van der Waals surface area contributed by atoms with E-state index < -0.39 is 12.0 Å². The molecule has 0 fully saturated rings. The van der Waals surface area contributed by atoms with Gasteiger partial charge in [-0.2, -0.15) is 0 Å². The first-order valence-electron chi connectivity index (χ1n) is 5.24. The Morgan fingerprint density at radius 3 is 2.47 bits per heavy atom. The van der Waals surface area contributed by atoms with Crippen molar-refractivity contribution in [3.63, 3.8) is 0 Å². The molecule has 5 heteroatoms. The van der Waals surface area contributed by atoms with E-state index in [0.717, 1.165) is 12.8 Å². The third kappa shape index (κ3) is 8.72. The van der Waals surface area contributed by atoms with Gasteiger partial charge < -0.3 is 15.7 Å². The van der Waals surface area contributed by atoms with E-state index >= 15 is 0 Å². The number of hydrogen-bond donors (Lipinski definition) is 2. The lowest BCUT2D eigenvalue weighted by molar-refractivity contribution is 0.0990. The van der Waals surface area contributed by atoms with E-state index in [0.29, 0.717) is 13.0 Å². The standard InChI is InChI=1S/C10H22F2N2O/c1-10(13,8-15)5-3-4-6-14(2)7-9(11)12/h9,15H,3-8,13H2,1-2H3. The number of rotatable bonds is 8. The maximum Gasteiger partial charge on any atom is 0.251 e. The molecule has 92 valence electrons. The van der Waals surface area contributed by atoms with Crippen molar-refractivity contribution in [2.45, 2.75) is 38.2 Å². The summed E-state index contributed by atoms with van der Waals surface area (Å²) < 4.78 is 23.9. The van der Waals surface area contributed by atoms with Crippen molar-refractivity contribution < 1.29 is 13.9 Å². The van der Waals surface area contributed by atoms with Gasteiger partial charge in [0, 0.05) is 5.54 Å². The molecule has 15 heavy (non-hydrogen) atoms. The molecule has 0 amide bonds. The molecule has 0 bridgehead atoms. The first-order chi connectivity index (χ1) is 6.87. The van der Waals surface area contributed by atoms with Crippen LogP contribution in [0.2, 0.25) is 0 Å². The molecule has 0 aliphatic carbocycles. The van der Waals surface area contributed by atoms with Crippen molar-refractivity contribution in [1.82, 2.24) is 4.90 Å². The van der Waals surface area contributed by atoms with Crippen LogP contribution in [0.1, 0.15) is 26.2 Å². The van der Waals surface area contributed by atoms with E-state index in [1.54, 1.807) is 18.9 Å². The third-order valence-corrected chi connectivity index (χ3v) is 2.35. The number of aliphatic hydroxyl groups excluding tert-OH is 1. The number of hydrogen-bond acceptors (Lipinski definition) is 3. The molecule has 0 saturated heterocycles. The second-order valence-electron chi connectivity index (χ2n) is 4.42. The van der Waals surface area contributed by atoms with E-state index in [-0.39, 0.29) is 13.2 Å². The summed E-state index contributed by atoms with van der Waals surface area (Å²) in [5, 5.41) is 8.89. The Hall–Kier alpha value is -0.260. The number of halogens is 2.